The summed E-state index contributed by atoms with van der Waals surface area (Å²) in [6.07, 6.45) is 9.59. The fourth-order valence-electron chi connectivity index (χ4n) is 4.33. The summed E-state index contributed by atoms with van der Waals surface area (Å²) in [6, 6.07) is 1.84. The molecule has 1 amide bonds. The molecule has 3 fully saturated rings. The van der Waals surface area contributed by atoms with Crippen molar-refractivity contribution in [3.8, 4) is 0 Å². The number of anilines is 1. The van der Waals surface area contributed by atoms with Crippen LogP contribution >= 0.6 is 0 Å². The SMILES string of the molecule is O=C(C[C@@H]1COC2(CCN(c3ncccn3)CC2)C1)N1CCCC1. The summed E-state index contributed by atoms with van der Waals surface area (Å²) in [4.78, 5) is 25.3. The quantitative estimate of drug-likeness (QED) is 0.847. The second-order valence-corrected chi connectivity index (χ2v) is 7.39. The van der Waals surface area contributed by atoms with Crippen molar-refractivity contribution in [1.82, 2.24) is 14.9 Å². The van der Waals surface area contributed by atoms with Crippen LogP contribution in [0.1, 0.15) is 38.5 Å². The average molecular weight is 330 g/mol. The van der Waals surface area contributed by atoms with E-state index in [0.717, 1.165) is 70.8 Å². The highest BCUT2D eigenvalue weighted by Crippen LogP contribution is 2.40. The predicted octanol–water partition coefficient (Wildman–Crippen LogP) is 1.86. The predicted molar refractivity (Wildman–Crippen MR) is 90.7 cm³/mol. The third-order valence-electron chi connectivity index (χ3n) is 5.72. The van der Waals surface area contributed by atoms with Gasteiger partial charge < -0.3 is 14.5 Å². The third kappa shape index (κ3) is 3.24. The average Bonchev–Trinajstić information content (AvgIpc) is 3.27. The number of rotatable bonds is 3. The molecule has 0 bridgehead atoms. The Morgan fingerprint density at radius 3 is 2.58 bits per heavy atom. The van der Waals surface area contributed by atoms with Crippen molar-refractivity contribution in [1.29, 1.82) is 0 Å². The Bertz CT molecular complexity index is 566. The summed E-state index contributed by atoms with van der Waals surface area (Å²) in [5, 5.41) is 0. The van der Waals surface area contributed by atoms with Gasteiger partial charge in [-0.2, -0.15) is 0 Å². The van der Waals surface area contributed by atoms with Crippen LogP contribution in [0.15, 0.2) is 18.5 Å². The van der Waals surface area contributed by atoms with Gasteiger partial charge in [0.2, 0.25) is 11.9 Å². The molecule has 3 aliphatic heterocycles. The third-order valence-corrected chi connectivity index (χ3v) is 5.72. The number of hydrogen-bond acceptors (Lipinski definition) is 5. The Kier molecular flexibility index (Phi) is 4.39. The van der Waals surface area contributed by atoms with Gasteiger partial charge in [0, 0.05) is 45.0 Å². The van der Waals surface area contributed by atoms with E-state index in [1.54, 1.807) is 12.4 Å². The first kappa shape index (κ1) is 15.8. The van der Waals surface area contributed by atoms with Crippen LogP contribution in [0.3, 0.4) is 0 Å². The second kappa shape index (κ2) is 6.67. The van der Waals surface area contributed by atoms with Gasteiger partial charge >= 0.3 is 0 Å². The van der Waals surface area contributed by atoms with Crippen LogP contribution in [0.5, 0.6) is 0 Å². The van der Waals surface area contributed by atoms with Crippen LogP contribution in [0.4, 0.5) is 5.95 Å². The van der Waals surface area contributed by atoms with Crippen molar-refractivity contribution in [3.05, 3.63) is 18.5 Å². The number of ether oxygens (including phenoxy) is 1. The molecule has 6 heteroatoms. The van der Waals surface area contributed by atoms with Gasteiger partial charge in [-0.1, -0.05) is 0 Å². The maximum Gasteiger partial charge on any atom is 0.225 e. The van der Waals surface area contributed by atoms with E-state index in [1.807, 2.05) is 11.0 Å². The maximum absolute atomic E-state index is 12.4. The van der Waals surface area contributed by atoms with Crippen LogP contribution in [-0.4, -0.2) is 59.2 Å². The van der Waals surface area contributed by atoms with E-state index < -0.39 is 0 Å². The zero-order valence-corrected chi connectivity index (χ0v) is 14.2. The highest BCUT2D eigenvalue weighted by atomic mass is 16.5. The molecular formula is C18H26N4O2. The molecule has 0 aromatic carbocycles. The largest absolute Gasteiger partial charge is 0.375 e. The summed E-state index contributed by atoms with van der Waals surface area (Å²) in [5.74, 6) is 1.53. The molecule has 130 valence electrons. The van der Waals surface area contributed by atoms with Gasteiger partial charge in [0.15, 0.2) is 0 Å². The Hall–Kier alpha value is -1.69. The molecule has 6 nitrogen and oxygen atoms in total. The smallest absolute Gasteiger partial charge is 0.225 e. The number of carbonyl (C=O) groups is 1. The highest BCUT2D eigenvalue weighted by Gasteiger charge is 2.43. The number of nitrogens with zero attached hydrogens (tertiary/aromatic N) is 4. The Balaban J connectivity index is 1.29. The number of hydrogen-bond donors (Lipinski definition) is 0. The van der Waals surface area contributed by atoms with Gasteiger partial charge in [0.1, 0.15) is 0 Å². The van der Waals surface area contributed by atoms with Crippen molar-refractivity contribution in [2.45, 2.75) is 44.1 Å². The fourth-order valence-corrected chi connectivity index (χ4v) is 4.33. The molecule has 0 unspecified atom stereocenters. The van der Waals surface area contributed by atoms with Crippen LogP contribution in [0.2, 0.25) is 0 Å². The van der Waals surface area contributed by atoms with Crippen molar-refractivity contribution < 1.29 is 9.53 Å². The minimum absolute atomic E-state index is 0.0266. The zero-order chi connectivity index (χ0) is 16.4. The van der Waals surface area contributed by atoms with Crippen molar-refractivity contribution >= 4 is 11.9 Å². The normalized spacial score (nSPS) is 26.2. The first-order valence-electron chi connectivity index (χ1n) is 9.18. The molecule has 1 spiro atoms. The first-order valence-corrected chi connectivity index (χ1v) is 9.18. The number of aromatic nitrogens is 2. The molecule has 0 saturated carbocycles. The fraction of sp³-hybridized carbons (Fsp3) is 0.722. The minimum atomic E-state index is -0.0266. The molecule has 3 saturated heterocycles. The molecule has 0 aliphatic carbocycles. The number of amides is 1. The van der Waals surface area contributed by atoms with Crippen LogP contribution in [0.25, 0.3) is 0 Å². The number of likely N-dealkylation sites (tertiary alicyclic amines) is 1. The van der Waals surface area contributed by atoms with E-state index in [-0.39, 0.29) is 5.60 Å². The van der Waals surface area contributed by atoms with E-state index in [0.29, 0.717) is 18.2 Å². The van der Waals surface area contributed by atoms with E-state index in [2.05, 4.69) is 14.9 Å². The Morgan fingerprint density at radius 2 is 1.88 bits per heavy atom. The summed E-state index contributed by atoms with van der Waals surface area (Å²) in [7, 11) is 0. The molecule has 1 aromatic rings. The maximum atomic E-state index is 12.4. The number of piperidine rings is 1. The van der Waals surface area contributed by atoms with E-state index >= 15 is 0 Å². The van der Waals surface area contributed by atoms with E-state index in [1.165, 1.54) is 0 Å². The molecule has 1 atom stereocenters. The summed E-state index contributed by atoms with van der Waals surface area (Å²) in [5.41, 5.74) is -0.0266. The van der Waals surface area contributed by atoms with Crippen molar-refractivity contribution in [2.75, 3.05) is 37.7 Å². The summed E-state index contributed by atoms with van der Waals surface area (Å²) in [6.45, 7) is 4.49. The lowest BCUT2D eigenvalue weighted by atomic mass is 9.84. The van der Waals surface area contributed by atoms with Crippen LogP contribution < -0.4 is 4.90 Å². The molecule has 3 aliphatic rings. The number of carbonyl (C=O) groups excluding carboxylic acids is 1. The Morgan fingerprint density at radius 1 is 1.17 bits per heavy atom. The summed E-state index contributed by atoms with van der Waals surface area (Å²) < 4.78 is 6.20. The van der Waals surface area contributed by atoms with Gasteiger partial charge in [0.25, 0.3) is 0 Å². The van der Waals surface area contributed by atoms with Crippen molar-refractivity contribution in [2.24, 2.45) is 5.92 Å². The molecule has 24 heavy (non-hydrogen) atoms. The van der Waals surface area contributed by atoms with Crippen LogP contribution in [0, 0.1) is 5.92 Å². The van der Waals surface area contributed by atoms with Gasteiger partial charge in [0.05, 0.1) is 12.2 Å². The lowest BCUT2D eigenvalue weighted by Gasteiger charge is -2.38. The Labute approximate surface area is 143 Å². The minimum Gasteiger partial charge on any atom is -0.375 e. The lowest BCUT2D eigenvalue weighted by Crippen LogP contribution is -2.44. The van der Waals surface area contributed by atoms with E-state index in [9.17, 15) is 4.79 Å². The standard InChI is InChI=1S/C18H26N4O2/c23-16(21-8-1-2-9-21)12-15-13-18(24-14-15)4-10-22(11-5-18)17-19-6-3-7-20-17/h3,6-7,15H,1-2,4-5,8-14H2/t15-/m0/s1. The molecule has 4 heterocycles. The zero-order valence-electron chi connectivity index (χ0n) is 14.2. The monoisotopic (exact) mass is 330 g/mol. The molecule has 4 rings (SSSR count). The van der Waals surface area contributed by atoms with Gasteiger partial charge in [-0.05, 0) is 44.1 Å². The highest BCUT2D eigenvalue weighted by molar-refractivity contribution is 5.76. The van der Waals surface area contributed by atoms with E-state index in [4.69, 9.17) is 4.74 Å². The second-order valence-electron chi connectivity index (χ2n) is 7.39. The lowest BCUT2D eigenvalue weighted by molar-refractivity contribution is -0.131. The molecule has 1 aromatic heterocycles. The molecule has 0 radical (unpaired) electrons. The van der Waals surface area contributed by atoms with Crippen LogP contribution in [-0.2, 0) is 9.53 Å². The van der Waals surface area contributed by atoms with Gasteiger partial charge in [-0.3, -0.25) is 4.79 Å². The molecule has 0 N–H and O–H groups in total. The van der Waals surface area contributed by atoms with Gasteiger partial charge in [-0.25, -0.2) is 9.97 Å². The molecular weight excluding hydrogens is 304 g/mol. The first-order chi connectivity index (χ1) is 11.7. The van der Waals surface area contributed by atoms with Crippen molar-refractivity contribution in [3.63, 3.8) is 0 Å². The van der Waals surface area contributed by atoms with Gasteiger partial charge in [-0.15, -0.1) is 0 Å². The topological polar surface area (TPSA) is 58.6 Å². The summed E-state index contributed by atoms with van der Waals surface area (Å²) >= 11 is 0.